The van der Waals surface area contributed by atoms with Crippen LogP contribution in [-0.4, -0.2) is 45.0 Å². The largest absolute Gasteiger partial charge is 0.399 e. The van der Waals surface area contributed by atoms with Crippen LogP contribution >= 0.6 is 0 Å². The normalized spacial score (nSPS) is 11.4. The highest BCUT2D eigenvalue weighted by molar-refractivity contribution is 6.12. The summed E-state index contributed by atoms with van der Waals surface area (Å²) >= 11 is 0. The standard InChI is InChI=1S/C22H21N7O2/c1-3-24-22(30)26-21-25-19-13-17(16-10-7-11-23-14-16)12-18(29(19)27-21)20(28-31-2)15-8-5-4-6-9-15/h4-14H,3H2,1-2H3,(H2,24,26,27,30). The SMILES string of the molecule is CCNC(=O)Nc1nc2cc(-c3cccnc3)cc(C(=NOC)c3ccccc3)n2n1. The van der Waals surface area contributed by atoms with Crippen LogP contribution in [0.4, 0.5) is 10.7 Å². The Labute approximate surface area is 178 Å². The van der Waals surface area contributed by atoms with Crippen molar-refractivity contribution in [3.8, 4) is 11.1 Å². The van der Waals surface area contributed by atoms with E-state index in [0.29, 0.717) is 23.6 Å². The van der Waals surface area contributed by atoms with Crippen LogP contribution in [0, 0.1) is 0 Å². The minimum atomic E-state index is -0.374. The van der Waals surface area contributed by atoms with E-state index in [9.17, 15) is 4.79 Å². The van der Waals surface area contributed by atoms with Gasteiger partial charge in [-0.25, -0.2) is 9.31 Å². The summed E-state index contributed by atoms with van der Waals surface area (Å²) in [4.78, 5) is 25.8. The summed E-state index contributed by atoms with van der Waals surface area (Å²) in [6.45, 7) is 2.33. The molecule has 2 N–H and O–H groups in total. The van der Waals surface area contributed by atoms with Crippen LogP contribution in [-0.2, 0) is 4.84 Å². The van der Waals surface area contributed by atoms with Gasteiger partial charge in [0, 0.05) is 30.1 Å². The number of hydrogen-bond acceptors (Lipinski definition) is 6. The number of amides is 2. The van der Waals surface area contributed by atoms with E-state index in [1.807, 2.05) is 61.5 Å². The summed E-state index contributed by atoms with van der Waals surface area (Å²) in [6, 6.07) is 16.9. The van der Waals surface area contributed by atoms with E-state index in [4.69, 9.17) is 4.84 Å². The van der Waals surface area contributed by atoms with Gasteiger partial charge in [-0.3, -0.25) is 10.3 Å². The number of oxime groups is 1. The van der Waals surface area contributed by atoms with Crippen LogP contribution in [0.25, 0.3) is 16.8 Å². The molecule has 9 nitrogen and oxygen atoms in total. The van der Waals surface area contributed by atoms with Crippen LogP contribution < -0.4 is 10.6 Å². The van der Waals surface area contributed by atoms with E-state index < -0.39 is 0 Å². The average molecular weight is 415 g/mol. The Kier molecular flexibility index (Phi) is 5.84. The van der Waals surface area contributed by atoms with E-state index in [2.05, 4.69) is 30.9 Å². The number of anilines is 1. The predicted octanol–water partition coefficient (Wildman–Crippen LogP) is 3.33. The fraction of sp³-hybridized carbons (Fsp3) is 0.136. The first-order chi connectivity index (χ1) is 15.2. The number of nitrogens with one attached hydrogen (secondary N) is 2. The van der Waals surface area contributed by atoms with Crippen molar-refractivity contribution < 1.29 is 9.63 Å². The Hall–Kier alpha value is -4.27. The average Bonchev–Trinajstić information content (AvgIpc) is 3.20. The van der Waals surface area contributed by atoms with Crippen molar-refractivity contribution in [1.82, 2.24) is 24.9 Å². The Balaban J connectivity index is 1.91. The maximum atomic E-state index is 12.0. The Morgan fingerprint density at radius 2 is 1.97 bits per heavy atom. The number of rotatable bonds is 6. The molecule has 0 fully saturated rings. The molecule has 4 aromatic rings. The molecule has 0 aliphatic carbocycles. The van der Waals surface area contributed by atoms with Gasteiger partial charge in [-0.2, -0.15) is 4.98 Å². The van der Waals surface area contributed by atoms with Crippen molar-refractivity contribution in [2.45, 2.75) is 6.92 Å². The minimum absolute atomic E-state index is 0.181. The minimum Gasteiger partial charge on any atom is -0.399 e. The number of fused-ring (bicyclic) bond motifs is 1. The maximum absolute atomic E-state index is 12.0. The third-order valence-corrected chi connectivity index (χ3v) is 4.47. The Morgan fingerprint density at radius 3 is 2.68 bits per heavy atom. The second-order valence-electron chi connectivity index (χ2n) is 6.55. The van der Waals surface area contributed by atoms with Crippen molar-refractivity contribution >= 4 is 23.3 Å². The first-order valence-corrected chi connectivity index (χ1v) is 9.72. The van der Waals surface area contributed by atoms with Crippen LogP contribution in [0.1, 0.15) is 18.2 Å². The second kappa shape index (κ2) is 9.04. The molecule has 31 heavy (non-hydrogen) atoms. The smallest absolute Gasteiger partial charge is 0.321 e. The van der Waals surface area contributed by atoms with Gasteiger partial charge >= 0.3 is 6.03 Å². The monoisotopic (exact) mass is 415 g/mol. The van der Waals surface area contributed by atoms with Crippen molar-refractivity contribution in [2.75, 3.05) is 19.0 Å². The first kappa shape index (κ1) is 20.0. The molecular formula is C22H21N7O2. The van der Waals surface area contributed by atoms with E-state index in [-0.39, 0.29) is 12.0 Å². The van der Waals surface area contributed by atoms with Gasteiger partial charge < -0.3 is 10.2 Å². The lowest BCUT2D eigenvalue weighted by Crippen LogP contribution is -2.28. The molecule has 0 unspecified atom stereocenters. The lowest BCUT2D eigenvalue weighted by atomic mass is 10.0. The van der Waals surface area contributed by atoms with E-state index in [1.165, 1.54) is 7.11 Å². The molecule has 0 aliphatic heterocycles. The first-order valence-electron chi connectivity index (χ1n) is 9.72. The second-order valence-corrected chi connectivity index (χ2v) is 6.55. The molecule has 3 aromatic heterocycles. The molecule has 1 aromatic carbocycles. The zero-order valence-corrected chi connectivity index (χ0v) is 17.1. The van der Waals surface area contributed by atoms with Gasteiger partial charge in [-0.15, -0.1) is 5.10 Å². The molecule has 4 rings (SSSR count). The molecule has 2 amide bonds. The molecule has 0 saturated carbocycles. The zero-order valence-electron chi connectivity index (χ0n) is 17.1. The lowest BCUT2D eigenvalue weighted by Gasteiger charge is -2.10. The number of nitrogens with zero attached hydrogens (tertiary/aromatic N) is 5. The molecule has 0 bridgehead atoms. The molecule has 0 aliphatic rings. The van der Waals surface area contributed by atoms with Crippen LogP contribution in [0.5, 0.6) is 0 Å². The summed E-state index contributed by atoms with van der Waals surface area (Å²) in [7, 11) is 1.49. The van der Waals surface area contributed by atoms with E-state index in [0.717, 1.165) is 16.7 Å². The molecule has 0 saturated heterocycles. The van der Waals surface area contributed by atoms with Gasteiger partial charge in [0.05, 0.1) is 5.69 Å². The van der Waals surface area contributed by atoms with Gasteiger partial charge in [-0.1, -0.05) is 41.6 Å². The Bertz CT molecular complexity index is 1220. The summed E-state index contributed by atoms with van der Waals surface area (Å²) in [6.07, 6.45) is 3.49. The number of benzene rings is 1. The topological polar surface area (TPSA) is 106 Å². The summed E-state index contributed by atoms with van der Waals surface area (Å²) in [5.74, 6) is 0.181. The highest BCUT2D eigenvalue weighted by Crippen LogP contribution is 2.24. The predicted molar refractivity (Wildman–Crippen MR) is 118 cm³/mol. The van der Waals surface area contributed by atoms with Crippen LogP contribution in [0.3, 0.4) is 0 Å². The van der Waals surface area contributed by atoms with Gasteiger partial charge in [0.15, 0.2) is 5.65 Å². The van der Waals surface area contributed by atoms with Gasteiger partial charge in [0.2, 0.25) is 0 Å². The summed E-state index contributed by atoms with van der Waals surface area (Å²) in [5.41, 5.74) is 4.42. The fourth-order valence-electron chi connectivity index (χ4n) is 3.15. The molecular weight excluding hydrogens is 394 g/mol. The van der Waals surface area contributed by atoms with E-state index >= 15 is 0 Å². The zero-order chi connectivity index (χ0) is 21.6. The highest BCUT2D eigenvalue weighted by Gasteiger charge is 2.18. The van der Waals surface area contributed by atoms with Crippen molar-refractivity contribution in [1.29, 1.82) is 0 Å². The summed E-state index contributed by atoms with van der Waals surface area (Å²) < 4.78 is 1.63. The van der Waals surface area contributed by atoms with Crippen LogP contribution in [0.15, 0.2) is 72.1 Å². The van der Waals surface area contributed by atoms with E-state index in [1.54, 1.807) is 16.9 Å². The maximum Gasteiger partial charge on any atom is 0.321 e. The van der Waals surface area contributed by atoms with Crippen LogP contribution in [0.2, 0.25) is 0 Å². The molecule has 3 heterocycles. The molecule has 0 spiro atoms. The van der Waals surface area contributed by atoms with Gasteiger partial charge in [-0.05, 0) is 30.7 Å². The number of aromatic nitrogens is 4. The highest BCUT2D eigenvalue weighted by atomic mass is 16.6. The molecule has 156 valence electrons. The van der Waals surface area contributed by atoms with Crippen molar-refractivity contribution in [3.63, 3.8) is 0 Å². The quantitative estimate of drug-likeness (QED) is 0.371. The number of carbonyl (C=O) groups excluding carboxylic acids is 1. The third kappa shape index (κ3) is 4.35. The summed E-state index contributed by atoms with van der Waals surface area (Å²) in [5, 5.41) is 14.1. The number of urea groups is 1. The number of pyridine rings is 2. The Morgan fingerprint density at radius 1 is 1.13 bits per heavy atom. The third-order valence-electron chi connectivity index (χ3n) is 4.47. The van der Waals surface area contributed by atoms with Gasteiger partial charge in [0.1, 0.15) is 12.8 Å². The van der Waals surface area contributed by atoms with Crippen molar-refractivity contribution in [3.05, 3.63) is 78.2 Å². The fourth-order valence-corrected chi connectivity index (χ4v) is 3.15. The molecule has 0 atom stereocenters. The number of hydrogen-bond donors (Lipinski definition) is 2. The molecule has 0 radical (unpaired) electrons. The number of carbonyl (C=O) groups is 1. The lowest BCUT2D eigenvalue weighted by molar-refractivity contribution is 0.214. The van der Waals surface area contributed by atoms with Gasteiger partial charge in [0.25, 0.3) is 5.95 Å². The molecule has 9 heteroatoms. The van der Waals surface area contributed by atoms with Crippen molar-refractivity contribution in [2.24, 2.45) is 5.16 Å².